The molecule has 3 aromatic heterocycles. The number of aromatic nitrogens is 4. The van der Waals surface area contributed by atoms with Crippen LogP contribution >= 0.6 is 0 Å². The molecule has 1 aromatic carbocycles. The second kappa shape index (κ2) is 11.3. The lowest BCUT2D eigenvalue weighted by Gasteiger charge is -2.45. The van der Waals surface area contributed by atoms with E-state index in [4.69, 9.17) is 20.2 Å². The molecule has 45 heavy (non-hydrogen) atoms. The van der Waals surface area contributed by atoms with Crippen molar-refractivity contribution in [2.24, 2.45) is 5.41 Å². The molecular weight excluding hydrogens is 591 g/mol. The summed E-state index contributed by atoms with van der Waals surface area (Å²) in [7, 11) is 1.44. The summed E-state index contributed by atoms with van der Waals surface area (Å²) >= 11 is 0. The lowest BCUT2D eigenvalue weighted by molar-refractivity contribution is -0.172. The molecule has 0 saturated carbocycles. The number of benzene rings is 1. The van der Waals surface area contributed by atoms with Gasteiger partial charge in [-0.1, -0.05) is 0 Å². The number of nitrogen functional groups attached to an aromatic ring is 1. The first-order chi connectivity index (χ1) is 21.4. The number of carbonyl (C=O) groups is 2. The molecule has 14 heteroatoms. The first kappa shape index (κ1) is 30.3. The number of likely N-dealkylation sites (tertiary alicyclic amines) is 1. The van der Waals surface area contributed by atoms with Crippen molar-refractivity contribution in [2.45, 2.75) is 44.8 Å². The Morgan fingerprint density at radius 1 is 1.13 bits per heavy atom. The number of nitrogens with zero attached hydrogens (tertiary/aromatic N) is 5. The van der Waals surface area contributed by atoms with E-state index in [9.17, 15) is 22.8 Å². The van der Waals surface area contributed by atoms with Crippen LogP contribution in [0.3, 0.4) is 0 Å². The minimum atomic E-state index is -4.58. The third-order valence-electron chi connectivity index (χ3n) is 8.52. The number of carbonyl (C=O) groups excluding carboxylic acids is 2. The van der Waals surface area contributed by atoms with Crippen LogP contribution in [0.25, 0.3) is 16.8 Å². The number of ether oxygens (including phenoxy) is 2. The molecule has 2 fully saturated rings. The first-order valence-corrected chi connectivity index (χ1v) is 14.4. The van der Waals surface area contributed by atoms with E-state index in [-0.39, 0.29) is 35.1 Å². The number of piperidine rings is 1. The summed E-state index contributed by atoms with van der Waals surface area (Å²) in [5, 5.41) is 2.41. The van der Waals surface area contributed by atoms with Gasteiger partial charge >= 0.3 is 6.18 Å². The molecule has 2 atom stereocenters. The largest absolute Gasteiger partial charge is 0.496 e. The minimum Gasteiger partial charge on any atom is -0.496 e. The number of pyridine rings is 1. The smallest absolute Gasteiger partial charge is 0.416 e. The summed E-state index contributed by atoms with van der Waals surface area (Å²) in [6.45, 7) is 5.28. The normalized spacial score (nSPS) is 19.6. The fraction of sp³-hybridized carbons (Fsp3) is 0.387. The van der Waals surface area contributed by atoms with E-state index in [2.05, 4.69) is 22.2 Å². The van der Waals surface area contributed by atoms with Crippen LogP contribution in [0.15, 0.2) is 48.9 Å². The van der Waals surface area contributed by atoms with Gasteiger partial charge in [-0.25, -0.2) is 15.0 Å². The van der Waals surface area contributed by atoms with Crippen LogP contribution in [-0.4, -0.2) is 69.0 Å². The Kier molecular flexibility index (Phi) is 7.63. The Hall–Kier alpha value is -4.72. The summed E-state index contributed by atoms with van der Waals surface area (Å²) in [5.74, 6) is 0.319. The summed E-state index contributed by atoms with van der Waals surface area (Å²) in [6.07, 6.45) is 1.37. The zero-order valence-corrected chi connectivity index (χ0v) is 24.9. The maximum atomic E-state index is 13.5. The molecule has 0 bridgehead atoms. The predicted molar refractivity (Wildman–Crippen MR) is 159 cm³/mol. The van der Waals surface area contributed by atoms with Crippen LogP contribution in [-0.2, 0) is 15.7 Å². The van der Waals surface area contributed by atoms with E-state index >= 15 is 0 Å². The van der Waals surface area contributed by atoms with Gasteiger partial charge in [-0.15, -0.1) is 0 Å². The van der Waals surface area contributed by atoms with Crippen LogP contribution < -0.4 is 15.8 Å². The van der Waals surface area contributed by atoms with Gasteiger partial charge in [-0.05, 0) is 57.0 Å². The van der Waals surface area contributed by atoms with Crippen LogP contribution in [0.5, 0.6) is 5.75 Å². The van der Waals surface area contributed by atoms with Gasteiger partial charge in [0.1, 0.15) is 34.4 Å². The van der Waals surface area contributed by atoms with E-state index in [1.54, 1.807) is 18.5 Å². The molecule has 0 radical (unpaired) electrons. The number of hydrogen-bond acceptors (Lipinski definition) is 8. The summed E-state index contributed by atoms with van der Waals surface area (Å²) in [5.41, 5.74) is 6.61. The zero-order valence-electron chi connectivity index (χ0n) is 24.9. The molecule has 0 aliphatic carbocycles. The van der Waals surface area contributed by atoms with Crippen molar-refractivity contribution in [1.29, 1.82) is 0 Å². The number of fused-ring (bicyclic) bond motifs is 1. The predicted octanol–water partition coefficient (Wildman–Crippen LogP) is 4.78. The van der Waals surface area contributed by atoms with Crippen molar-refractivity contribution in [1.82, 2.24) is 24.3 Å². The number of alkyl halides is 3. The Bertz CT molecular complexity index is 1790. The molecule has 0 unspecified atom stereocenters. The number of hydrogen-bond donors (Lipinski definition) is 2. The molecule has 6 rings (SSSR count). The Morgan fingerprint density at radius 2 is 1.91 bits per heavy atom. The van der Waals surface area contributed by atoms with Gasteiger partial charge in [0.05, 0.1) is 31.3 Å². The molecular formula is C31H32F3N7O4. The number of imidazole rings is 1. The average molecular weight is 624 g/mol. The molecule has 5 heterocycles. The number of amides is 2. The molecule has 2 saturated heterocycles. The molecule has 11 nitrogen and oxygen atoms in total. The number of rotatable bonds is 6. The lowest BCUT2D eigenvalue weighted by Crippen LogP contribution is -2.57. The number of anilines is 2. The Balaban J connectivity index is 1.33. The number of methoxy groups -OCH3 is 1. The number of halogens is 3. The maximum absolute atomic E-state index is 13.5. The number of nitrogens with two attached hydrogens (primary N) is 1. The zero-order chi connectivity index (χ0) is 32.1. The summed E-state index contributed by atoms with van der Waals surface area (Å²) in [6, 6.07) is 6.29. The van der Waals surface area contributed by atoms with Crippen LogP contribution in [0, 0.1) is 5.41 Å². The van der Waals surface area contributed by atoms with Crippen LogP contribution in [0.4, 0.5) is 24.8 Å². The number of nitrogens with one attached hydrogen (secondary N) is 1. The monoisotopic (exact) mass is 623 g/mol. The maximum Gasteiger partial charge on any atom is 0.416 e. The van der Waals surface area contributed by atoms with E-state index in [1.807, 2.05) is 16.2 Å². The highest BCUT2D eigenvalue weighted by Gasteiger charge is 2.46. The fourth-order valence-corrected chi connectivity index (χ4v) is 5.93. The van der Waals surface area contributed by atoms with Gasteiger partial charge < -0.3 is 25.4 Å². The highest BCUT2D eigenvalue weighted by molar-refractivity contribution is 6.04. The minimum absolute atomic E-state index is 0.0732. The SMILES string of the molecule is COc1cc(C(=O)Nc2cc(C(F)(F)F)ccn2)ccc1-c1nc([C@@H]2CC[C@H](C)N(C(=O)C3(C)COC3)C2)n2ccnc(N)c12. The second-order valence-corrected chi connectivity index (χ2v) is 11.8. The van der Waals surface area contributed by atoms with E-state index in [1.165, 1.54) is 19.2 Å². The van der Waals surface area contributed by atoms with Gasteiger partial charge in [0, 0.05) is 48.2 Å². The van der Waals surface area contributed by atoms with Crippen molar-refractivity contribution in [3.8, 4) is 17.0 Å². The van der Waals surface area contributed by atoms with Gasteiger partial charge in [0.2, 0.25) is 5.91 Å². The third-order valence-corrected chi connectivity index (χ3v) is 8.52. The van der Waals surface area contributed by atoms with E-state index in [0.29, 0.717) is 48.1 Å². The van der Waals surface area contributed by atoms with Gasteiger partial charge in [-0.2, -0.15) is 13.2 Å². The molecule has 2 aliphatic heterocycles. The van der Waals surface area contributed by atoms with Crippen LogP contribution in [0.2, 0.25) is 0 Å². The Morgan fingerprint density at radius 3 is 2.60 bits per heavy atom. The highest BCUT2D eigenvalue weighted by atomic mass is 19.4. The van der Waals surface area contributed by atoms with Gasteiger partial charge in [-0.3, -0.25) is 14.0 Å². The fourth-order valence-electron chi connectivity index (χ4n) is 5.93. The van der Waals surface area contributed by atoms with E-state index < -0.39 is 23.1 Å². The van der Waals surface area contributed by atoms with Gasteiger partial charge in [0.25, 0.3) is 5.91 Å². The topological polar surface area (TPSA) is 137 Å². The molecule has 0 spiro atoms. The quantitative estimate of drug-likeness (QED) is 0.313. The molecule has 2 amide bonds. The van der Waals surface area contributed by atoms with E-state index in [0.717, 1.165) is 31.2 Å². The third kappa shape index (κ3) is 5.54. The molecule has 236 valence electrons. The first-order valence-electron chi connectivity index (χ1n) is 14.4. The van der Waals surface area contributed by atoms with Gasteiger partial charge in [0.15, 0.2) is 0 Å². The van der Waals surface area contributed by atoms with Crippen LogP contribution in [0.1, 0.15) is 54.4 Å². The standard InChI is InChI=1S/C31H32F3N7O4/c1-17-4-5-19(14-41(17)29(43)30(2)15-45-16-30)27-39-24(25-26(35)37-10-11-40(25)27)21-7-6-18(12-22(21)44-3)28(42)38-23-13-20(8-9-36-23)31(32,33)34/h6-13,17,19H,4-5,14-16H2,1-3H3,(H2,35,37)(H,36,38,42)/t17-,19+/m0/s1. The van der Waals surface area contributed by atoms with Crippen molar-refractivity contribution < 1.29 is 32.2 Å². The van der Waals surface area contributed by atoms with Crippen molar-refractivity contribution in [3.63, 3.8) is 0 Å². The van der Waals surface area contributed by atoms with Crippen molar-refractivity contribution in [2.75, 3.05) is 37.9 Å². The Labute approximate surface area is 256 Å². The summed E-state index contributed by atoms with van der Waals surface area (Å²) < 4.78 is 52.3. The molecule has 3 N–H and O–H groups in total. The molecule has 4 aromatic rings. The second-order valence-electron chi connectivity index (χ2n) is 11.8. The average Bonchev–Trinajstić information content (AvgIpc) is 3.40. The summed E-state index contributed by atoms with van der Waals surface area (Å²) in [4.78, 5) is 41.5. The lowest BCUT2D eigenvalue weighted by atomic mass is 9.84. The molecule has 2 aliphatic rings. The van der Waals surface area contributed by atoms with Crippen molar-refractivity contribution in [3.05, 3.63) is 65.9 Å². The van der Waals surface area contributed by atoms with Crippen molar-refractivity contribution >= 4 is 29.0 Å². The highest BCUT2D eigenvalue weighted by Crippen LogP contribution is 2.40.